The molecule has 0 aliphatic carbocycles. The highest BCUT2D eigenvalue weighted by Crippen LogP contribution is 2.16. The lowest BCUT2D eigenvalue weighted by atomic mass is 10.0. The Balaban J connectivity index is 2.16. The predicted octanol–water partition coefficient (Wildman–Crippen LogP) is -0.647. The number of carbonyl (C=O) groups excluding carboxylic acids is 2. The van der Waals surface area contributed by atoms with Crippen molar-refractivity contribution in [2.45, 2.75) is 19.5 Å². The van der Waals surface area contributed by atoms with Crippen LogP contribution in [0.5, 0.6) is 0 Å². The molecule has 2 amide bonds. The van der Waals surface area contributed by atoms with Crippen molar-refractivity contribution >= 4 is 11.8 Å². The maximum absolute atomic E-state index is 11.5. The summed E-state index contributed by atoms with van der Waals surface area (Å²) in [6.07, 6.45) is 0. The molecule has 1 aliphatic rings. The van der Waals surface area contributed by atoms with Gasteiger partial charge >= 0.3 is 0 Å². The Kier molecular flexibility index (Phi) is 4.36. The van der Waals surface area contributed by atoms with Crippen molar-refractivity contribution in [2.75, 3.05) is 19.6 Å². The maximum Gasteiger partial charge on any atom is 0.248 e. The van der Waals surface area contributed by atoms with Crippen LogP contribution in [-0.4, -0.2) is 42.4 Å². The summed E-state index contributed by atoms with van der Waals surface area (Å²) in [5.41, 5.74) is 13.3. The van der Waals surface area contributed by atoms with E-state index in [0.717, 1.165) is 24.2 Å². The number of nitrogens with two attached hydrogens (primary N) is 2. The van der Waals surface area contributed by atoms with Crippen LogP contribution < -0.4 is 16.8 Å². The van der Waals surface area contributed by atoms with Crippen LogP contribution in [0.15, 0.2) is 18.2 Å². The van der Waals surface area contributed by atoms with E-state index < -0.39 is 5.91 Å². The highest BCUT2D eigenvalue weighted by atomic mass is 16.1. The van der Waals surface area contributed by atoms with Crippen LogP contribution in [0.2, 0.25) is 0 Å². The lowest BCUT2D eigenvalue weighted by Gasteiger charge is -2.34. The molecule has 1 heterocycles. The van der Waals surface area contributed by atoms with Gasteiger partial charge in [-0.05, 0) is 30.2 Å². The standard InChI is InChI=1S/C14H20N4O2/c1-9-6-10(13(15)19)2-3-11(9)8-18-5-4-17-7-12(18)14(16)20/h2-3,6,12,17H,4-5,7-8H2,1H3,(H2,15,19)(H2,16,20). The fourth-order valence-electron chi connectivity index (χ4n) is 2.46. The number of nitrogens with zero attached hydrogens (tertiary/aromatic N) is 1. The summed E-state index contributed by atoms with van der Waals surface area (Å²) in [6, 6.07) is 5.08. The Morgan fingerprint density at radius 1 is 1.40 bits per heavy atom. The SMILES string of the molecule is Cc1cc(C(N)=O)ccc1CN1CCNCC1C(N)=O. The smallest absolute Gasteiger partial charge is 0.248 e. The van der Waals surface area contributed by atoms with Crippen molar-refractivity contribution in [3.05, 3.63) is 34.9 Å². The number of benzene rings is 1. The van der Waals surface area contributed by atoms with E-state index in [1.807, 2.05) is 13.0 Å². The third-order valence-electron chi connectivity index (χ3n) is 3.68. The summed E-state index contributed by atoms with van der Waals surface area (Å²) in [5, 5.41) is 3.17. The zero-order valence-electron chi connectivity index (χ0n) is 11.6. The van der Waals surface area contributed by atoms with Crippen LogP contribution in [0.1, 0.15) is 21.5 Å². The second-order valence-corrected chi connectivity index (χ2v) is 5.10. The average molecular weight is 276 g/mol. The van der Waals surface area contributed by atoms with Gasteiger partial charge < -0.3 is 16.8 Å². The minimum absolute atomic E-state index is 0.293. The van der Waals surface area contributed by atoms with Gasteiger partial charge in [-0.15, -0.1) is 0 Å². The van der Waals surface area contributed by atoms with Gasteiger partial charge in [0.05, 0.1) is 0 Å². The number of piperazine rings is 1. The molecule has 108 valence electrons. The second-order valence-electron chi connectivity index (χ2n) is 5.10. The Bertz CT molecular complexity index is 530. The van der Waals surface area contributed by atoms with E-state index in [1.54, 1.807) is 12.1 Å². The molecule has 20 heavy (non-hydrogen) atoms. The Morgan fingerprint density at radius 2 is 2.15 bits per heavy atom. The van der Waals surface area contributed by atoms with E-state index >= 15 is 0 Å². The van der Waals surface area contributed by atoms with Crippen molar-refractivity contribution in [1.29, 1.82) is 0 Å². The maximum atomic E-state index is 11.5. The van der Waals surface area contributed by atoms with Gasteiger partial charge in [0, 0.05) is 31.7 Å². The van der Waals surface area contributed by atoms with Gasteiger partial charge in [0.15, 0.2) is 0 Å². The number of hydrogen-bond donors (Lipinski definition) is 3. The third kappa shape index (κ3) is 3.15. The topological polar surface area (TPSA) is 101 Å². The average Bonchev–Trinajstić information content (AvgIpc) is 2.41. The minimum atomic E-state index is -0.433. The fraction of sp³-hybridized carbons (Fsp3) is 0.429. The molecule has 0 saturated carbocycles. The van der Waals surface area contributed by atoms with Crippen LogP contribution in [0, 0.1) is 6.92 Å². The summed E-state index contributed by atoms with van der Waals surface area (Å²) in [5.74, 6) is -0.750. The van der Waals surface area contributed by atoms with Gasteiger partial charge in [-0.3, -0.25) is 14.5 Å². The molecule has 0 aromatic heterocycles. The first-order valence-corrected chi connectivity index (χ1v) is 6.62. The lowest BCUT2D eigenvalue weighted by molar-refractivity contribution is -0.124. The molecular formula is C14H20N4O2. The van der Waals surface area contributed by atoms with Crippen LogP contribution in [0.3, 0.4) is 0 Å². The number of primary amides is 2. The summed E-state index contributed by atoms with van der Waals surface area (Å²) < 4.78 is 0. The summed E-state index contributed by atoms with van der Waals surface area (Å²) in [7, 11) is 0. The van der Waals surface area contributed by atoms with Gasteiger partial charge in [0.1, 0.15) is 6.04 Å². The lowest BCUT2D eigenvalue weighted by Crippen LogP contribution is -2.56. The van der Waals surface area contributed by atoms with Crippen molar-refractivity contribution in [3.8, 4) is 0 Å². The molecule has 6 nitrogen and oxygen atoms in total. The zero-order chi connectivity index (χ0) is 14.7. The normalized spacial score (nSPS) is 19.8. The van der Waals surface area contributed by atoms with Gasteiger partial charge in [-0.25, -0.2) is 0 Å². The number of amides is 2. The van der Waals surface area contributed by atoms with Crippen molar-refractivity contribution in [1.82, 2.24) is 10.2 Å². The Labute approximate surface area is 118 Å². The minimum Gasteiger partial charge on any atom is -0.368 e. The van der Waals surface area contributed by atoms with E-state index in [-0.39, 0.29) is 11.9 Å². The number of nitrogens with one attached hydrogen (secondary N) is 1. The molecular weight excluding hydrogens is 256 g/mol. The van der Waals surface area contributed by atoms with Gasteiger partial charge in [-0.2, -0.15) is 0 Å². The van der Waals surface area contributed by atoms with E-state index in [4.69, 9.17) is 11.5 Å². The Hall–Kier alpha value is -1.92. The first kappa shape index (κ1) is 14.5. The third-order valence-corrected chi connectivity index (χ3v) is 3.68. The number of aryl methyl sites for hydroxylation is 1. The summed E-state index contributed by atoms with van der Waals surface area (Å²) >= 11 is 0. The molecule has 1 unspecified atom stereocenters. The molecule has 1 aliphatic heterocycles. The molecule has 1 atom stereocenters. The van der Waals surface area contributed by atoms with E-state index in [1.165, 1.54) is 0 Å². The first-order valence-electron chi connectivity index (χ1n) is 6.62. The first-order chi connectivity index (χ1) is 9.49. The Morgan fingerprint density at radius 3 is 2.75 bits per heavy atom. The van der Waals surface area contributed by atoms with E-state index in [2.05, 4.69) is 10.2 Å². The summed E-state index contributed by atoms with van der Waals surface area (Å²) in [4.78, 5) is 24.7. The molecule has 0 spiro atoms. The van der Waals surface area contributed by atoms with Crippen LogP contribution in [0.25, 0.3) is 0 Å². The fourth-order valence-corrected chi connectivity index (χ4v) is 2.46. The number of rotatable bonds is 4. The molecule has 2 rings (SSSR count). The van der Waals surface area contributed by atoms with Gasteiger partial charge in [-0.1, -0.05) is 6.07 Å². The molecule has 0 bridgehead atoms. The van der Waals surface area contributed by atoms with E-state index in [0.29, 0.717) is 18.7 Å². The monoisotopic (exact) mass is 276 g/mol. The summed E-state index contributed by atoms with van der Waals surface area (Å²) in [6.45, 7) is 4.75. The molecule has 0 radical (unpaired) electrons. The second kappa shape index (κ2) is 6.02. The zero-order valence-corrected chi connectivity index (χ0v) is 11.6. The van der Waals surface area contributed by atoms with Crippen LogP contribution >= 0.6 is 0 Å². The van der Waals surface area contributed by atoms with Crippen LogP contribution in [-0.2, 0) is 11.3 Å². The predicted molar refractivity (Wildman–Crippen MR) is 76.0 cm³/mol. The van der Waals surface area contributed by atoms with Gasteiger partial charge in [0.25, 0.3) is 0 Å². The van der Waals surface area contributed by atoms with E-state index in [9.17, 15) is 9.59 Å². The number of carbonyl (C=O) groups is 2. The van der Waals surface area contributed by atoms with Crippen molar-refractivity contribution < 1.29 is 9.59 Å². The highest BCUT2D eigenvalue weighted by molar-refractivity contribution is 5.93. The molecule has 5 N–H and O–H groups in total. The highest BCUT2D eigenvalue weighted by Gasteiger charge is 2.26. The molecule has 1 fully saturated rings. The van der Waals surface area contributed by atoms with Crippen LogP contribution in [0.4, 0.5) is 0 Å². The molecule has 1 saturated heterocycles. The molecule has 1 aromatic carbocycles. The molecule has 6 heteroatoms. The van der Waals surface area contributed by atoms with Crippen molar-refractivity contribution in [3.63, 3.8) is 0 Å². The van der Waals surface area contributed by atoms with Gasteiger partial charge in [0.2, 0.25) is 11.8 Å². The quantitative estimate of drug-likeness (QED) is 0.680. The molecule has 1 aromatic rings. The largest absolute Gasteiger partial charge is 0.368 e. The van der Waals surface area contributed by atoms with Crippen molar-refractivity contribution in [2.24, 2.45) is 11.5 Å². The number of hydrogen-bond acceptors (Lipinski definition) is 4.